The minimum absolute atomic E-state index is 0. The molecule has 0 aliphatic rings. The first-order valence-electron chi connectivity index (χ1n) is 0. The summed E-state index contributed by atoms with van der Waals surface area (Å²) in [6, 6.07) is 0. The first kappa shape index (κ1) is 52.8. The van der Waals surface area contributed by atoms with Crippen molar-refractivity contribution in [2.24, 2.45) is 0 Å². The van der Waals surface area contributed by atoms with E-state index in [1.54, 1.807) is 0 Å². The van der Waals surface area contributed by atoms with Crippen LogP contribution in [0.1, 0.15) is 0 Å². The molecular formula is Cl3Ge-3. The fourth-order valence-electron chi connectivity index (χ4n) is 0. The Hall–Kier alpha value is 1.41. The van der Waals surface area contributed by atoms with Crippen LogP contribution in [0.15, 0.2) is 0 Å². The van der Waals surface area contributed by atoms with Crippen LogP contribution < -0.4 is 37.2 Å². The van der Waals surface area contributed by atoms with Gasteiger partial charge in [0.2, 0.25) is 0 Å². The number of hydrogen-bond donors (Lipinski definition) is 0. The molecule has 0 atom stereocenters. The van der Waals surface area contributed by atoms with Crippen LogP contribution in [0.25, 0.3) is 0 Å². The van der Waals surface area contributed by atoms with E-state index in [1.165, 1.54) is 0 Å². The Morgan fingerprint density at radius 2 is 0.500 bits per heavy atom. The molecule has 4 heavy (non-hydrogen) atoms. The summed E-state index contributed by atoms with van der Waals surface area (Å²) in [6.07, 6.45) is 0. The summed E-state index contributed by atoms with van der Waals surface area (Å²) in [5.41, 5.74) is 0. The number of rotatable bonds is 0. The smallest absolute Gasteiger partial charge is 0 e. The molecule has 0 aromatic carbocycles. The van der Waals surface area contributed by atoms with Crippen LogP contribution in [0.2, 0.25) is 0 Å². The zero-order valence-corrected chi connectivity index (χ0v) is 6.00. The molecule has 0 saturated heterocycles. The van der Waals surface area contributed by atoms with Gasteiger partial charge in [-0.25, -0.2) is 0 Å². The summed E-state index contributed by atoms with van der Waals surface area (Å²) >= 11 is 0. The van der Waals surface area contributed by atoms with E-state index in [1.807, 2.05) is 0 Å². The standard InChI is InChI=1S/3ClH.Ge/h3*1H;/p-3. The van der Waals surface area contributed by atoms with Gasteiger partial charge in [0.05, 0.1) is 0 Å². The Morgan fingerprint density at radius 3 is 0.500 bits per heavy atom. The van der Waals surface area contributed by atoms with E-state index in [0.29, 0.717) is 0 Å². The molecule has 0 aromatic heterocycles. The monoisotopic (exact) mass is 179 g/mol. The quantitative estimate of drug-likeness (QED) is 0.324. The van der Waals surface area contributed by atoms with Crippen molar-refractivity contribution in [1.29, 1.82) is 0 Å². The Kier molecular flexibility index (Phi) is 340. The maximum Gasteiger partial charge on any atom is 0 e. The van der Waals surface area contributed by atoms with Gasteiger partial charge in [-0.1, -0.05) is 0 Å². The molecule has 0 heterocycles. The zero-order valence-electron chi connectivity index (χ0n) is 1.63. The zero-order chi connectivity index (χ0) is 0. The largest absolute Gasteiger partial charge is 1.00 e. The van der Waals surface area contributed by atoms with Gasteiger partial charge in [0.25, 0.3) is 0 Å². The normalized spacial score (nSPS) is 0. The van der Waals surface area contributed by atoms with E-state index in [0.717, 1.165) is 0 Å². The fourth-order valence-corrected chi connectivity index (χ4v) is 0. The van der Waals surface area contributed by atoms with Gasteiger partial charge >= 0.3 is 0 Å². The Labute approximate surface area is 54.9 Å². The van der Waals surface area contributed by atoms with Crippen molar-refractivity contribution in [3.8, 4) is 0 Å². The molecule has 0 fully saturated rings. The molecule has 0 unspecified atom stereocenters. The maximum atomic E-state index is 0. The van der Waals surface area contributed by atoms with Crippen molar-refractivity contribution in [3.63, 3.8) is 0 Å². The van der Waals surface area contributed by atoms with Crippen molar-refractivity contribution >= 4 is 17.6 Å². The van der Waals surface area contributed by atoms with Crippen LogP contribution >= 0.6 is 0 Å². The molecule has 0 aliphatic heterocycles. The van der Waals surface area contributed by atoms with Crippen LogP contribution in [0, 0.1) is 0 Å². The molecule has 0 amide bonds. The first-order chi connectivity index (χ1) is 0. The average Bonchev–Trinajstić information content (AvgIpc) is 0. The molecule has 0 nitrogen and oxygen atoms in total. The molecule has 0 rings (SSSR count). The second-order valence-electron chi connectivity index (χ2n) is 0. The second kappa shape index (κ2) is 25.7. The van der Waals surface area contributed by atoms with Crippen LogP contribution in [0.3, 0.4) is 0 Å². The van der Waals surface area contributed by atoms with Crippen LogP contribution in [0.4, 0.5) is 0 Å². The third-order valence-electron chi connectivity index (χ3n) is 0. The van der Waals surface area contributed by atoms with E-state index in [-0.39, 0.29) is 54.8 Å². The van der Waals surface area contributed by atoms with Gasteiger partial charge in [-0.05, 0) is 0 Å². The summed E-state index contributed by atoms with van der Waals surface area (Å²) in [7, 11) is 0. The second-order valence-corrected chi connectivity index (χ2v) is 0. The number of halogens is 3. The molecule has 28 valence electrons. The van der Waals surface area contributed by atoms with Gasteiger partial charge in [0.15, 0.2) is 0 Å². The van der Waals surface area contributed by atoms with Crippen molar-refractivity contribution in [1.82, 2.24) is 0 Å². The third kappa shape index (κ3) is 9.95. The molecule has 0 aliphatic carbocycles. The minimum atomic E-state index is 0. The van der Waals surface area contributed by atoms with Crippen LogP contribution in [0.5, 0.6) is 0 Å². The Balaban J connectivity index is 0. The molecule has 0 bridgehead atoms. The summed E-state index contributed by atoms with van der Waals surface area (Å²) in [5, 5.41) is 0. The van der Waals surface area contributed by atoms with E-state index >= 15 is 0 Å². The predicted octanol–water partition coefficient (Wildman–Crippen LogP) is -9.37. The van der Waals surface area contributed by atoms with Gasteiger partial charge in [0.1, 0.15) is 0 Å². The molecule has 0 saturated carbocycles. The SMILES string of the molecule is [Cl-].[Cl-].[Cl-].[Ge]. The Morgan fingerprint density at radius 1 is 0.500 bits per heavy atom. The molecule has 0 aromatic rings. The van der Waals surface area contributed by atoms with E-state index in [2.05, 4.69) is 0 Å². The summed E-state index contributed by atoms with van der Waals surface area (Å²) < 4.78 is 0. The van der Waals surface area contributed by atoms with Gasteiger partial charge in [-0.3, -0.25) is 0 Å². The molecule has 4 heteroatoms. The van der Waals surface area contributed by atoms with Gasteiger partial charge < -0.3 is 37.2 Å². The fraction of sp³-hybridized carbons (Fsp3) is 0. The molecule has 0 spiro atoms. The van der Waals surface area contributed by atoms with Crippen molar-refractivity contribution in [2.45, 2.75) is 0 Å². The number of hydrogen-bond acceptors (Lipinski definition) is 0. The van der Waals surface area contributed by atoms with Gasteiger partial charge in [-0.15, -0.1) is 0 Å². The molecule has 4 radical (unpaired) electrons. The van der Waals surface area contributed by atoms with Gasteiger partial charge in [-0.2, -0.15) is 0 Å². The van der Waals surface area contributed by atoms with Crippen LogP contribution in [-0.2, 0) is 0 Å². The molecular weight excluding hydrogens is 179 g/mol. The topological polar surface area (TPSA) is 0 Å². The third-order valence-corrected chi connectivity index (χ3v) is 0. The van der Waals surface area contributed by atoms with E-state index in [4.69, 9.17) is 0 Å². The van der Waals surface area contributed by atoms with E-state index in [9.17, 15) is 0 Å². The average molecular weight is 179 g/mol. The molecule has 0 N–H and O–H groups in total. The summed E-state index contributed by atoms with van der Waals surface area (Å²) in [6.45, 7) is 0. The Bertz CT molecular complexity index is 3.25. The summed E-state index contributed by atoms with van der Waals surface area (Å²) in [5.74, 6) is 0. The van der Waals surface area contributed by atoms with Crippen molar-refractivity contribution in [2.75, 3.05) is 0 Å². The van der Waals surface area contributed by atoms with E-state index < -0.39 is 0 Å². The maximum absolute atomic E-state index is 0. The van der Waals surface area contributed by atoms with Crippen LogP contribution in [-0.4, -0.2) is 17.6 Å². The minimum Gasteiger partial charge on any atom is -1.00 e. The summed E-state index contributed by atoms with van der Waals surface area (Å²) in [4.78, 5) is 0. The first-order valence-corrected chi connectivity index (χ1v) is 0. The van der Waals surface area contributed by atoms with Crippen molar-refractivity contribution in [3.05, 3.63) is 0 Å². The van der Waals surface area contributed by atoms with Crippen molar-refractivity contribution < 1.29 is 37.2 Å². The predicted molar refractivity (Wildman–Crippen MR) is 5.75 cm³/mol. The van der Waals surface area contributed by atoms with Gasteiger partial charge in [0, 0.05) is 17.6 Å².